The van der Waals surface area contributed by atoms with E-state index in [2.05, 4.69) is 9.69 Å². The quantitative estimate of drug-likeness (QED) is 0.714. The molecule has 2 amide bonds. The van der Waals surface area contributed by atoms with E-state index in [-0.39, 0.29) is 46.9 Å². The largest absolute Gasteiger partial charge is 0.454 e. The number of rotatable bonds is 6. The zero-order valence-electron chi connectivity index (χ0n) is 15.5. The maximum Gasteiger partial charge on any atom is 0.275 e. The average molecular weight is 456 g/mol. The number of ether oxygens (including phenoxy) is 2. The second-order valence-corrected chi connectivity index (χ2v) is 8.77. The molecule has 0 radical (unpaired) electrons. The van der Waals surface area contributed by atoms with Crippen LogP contribution >= 0.6 is 34.7 Å². The Kier molecular flexibility index (Phi) is 6.12. The van der Waals surface area contributed by atoms with Crippen LogP contribution in [0.15, 0.2) is 18.2 Å². The van der Waals surface area contributed by atoms with Crippen LogP contribution in [0.2, 0.25) is 9.36 Å². The van der Waals surface area contributed by atoms with Gasteiger partial charge in [-0.25, -0.2) is 0 Å². The van der Waals surface area contributed by atoms with Crippen molar-refractivity contribution >= 4 is 46.5 Å². The van der Waals surface area contributed by atoms with Crippen molar-refractivity contribution in [2.75, 3.05) is 13.3 Å². The minimum atomic E-state index is -0.447. The molecule has 0 unspecified atom stereocenters. The molecule has 1 fully saturated rings. The molecule has 2 aromatic rings. The monoisotopic (exact) mass is 455 g/mol. The molecule has 1 aliphatic carbocycles. The molecule has 1 aliphatic heterocycles. The van der Waals surface area contributed by atoms with Crippen LogP contribution in [0.4, 0.5) is 0 Å². The van der Waals surface area contributed by atoms with Gasteiger partial charge in [0.2, 0.25) is 12.7 Å². The molecule has 0 bridgehead atoms. The van der Waals surface area contributed by atoms with Gasteiger partial charge in [0.1, 0.15) is 15.9 Å². The number of halogens is 2. The minimum Gasteiger partial charge on any atom is -0.454 e. The van der Waals surface area contributed by atoms with Gasteiger partial charge >= 0.3 is 0 Å². The Morgan fingerprint density at radius 1 is 1.21 bits per heavy atom. The van der Waals surface area contributed by atoms with Crippen LogP contribution in [0.3, 0.4) is 0 Å². The predicted molar refractivity (Wildman–Crippen MR) is 110 cm³/mol. The van der Waals surface area contributed by atoms with Crippen molar-refractivity contribution in [3.05, 3.63) is 38.8 Å². The number of aromatic nitrogens is 1. The van der Waals surface area contributed by atoms with Crippen molar-refractivity contribution in [3.63, 3.8) is 0 Å². The highest BCUT2D eigenvalue weighted by Gasteiger charge is 2.27. The predicted octanol–water partition coefficient (Wildman–Crippen LogP) is 3.88. The molecular formula is C19H19Cl2N3O4S. The molecule has 0 atom stereocenters. The fourth-order valence-electron chi connectivity index (χ4n) is 3.52. The fourth-order valence-corrected chi connectivity index (χ4v) is 4.51. The van der Waals surface area contributed by atoms with Gasteiger partial charge in [0.15, 0.2) is 17.2 Å². The van der Waals surface area contributed by atoms with Gasteiger partial charge in [0, 0.05) is 12.6 Å². The van der Waals surface area contributed by atoms with Gasteiger partial charge in [-0.05, 0) is 42.1 Å². The van der Waals surface area contributed by atoms with E-state index in [0.29, 0.717) is 11.5 Å². The van der Waals surface area contributed by atoms with Gasteiger partial charge in [-0.15, -0.1) is 0 Å². The number of fused-ring (bicyclic) bond motifs is 1. The van der Waals surface area contributed by atoms with Crippen molar-refractivity contribution in [2.24, 2.45) is 0 Å². The second kappa shape index (κ2) is 8.77. The zero-order valence-corrected chi connectivity index (χ0v) is 17.8. The van der Waals surface area contributed by atoms with Crippen molar-refractivity contribution in [2.45, 2.75) is 38.3 Å². The highest BCUT2D eigenvalue weighted by atomic mass is 35.5. The van der Waals surface area contributed by atoms with Crippen LogP contribution in [0.5, 0.6) is 11.5 Å². The molecule has 1 aromatic heterocycles. The van der Waals surface area contributed by atoms with Crippen LogP contribution in [0.1, 0.15) is 41.7 Å². The summed E-state index contributed by atoms with van der Waals surface area (Å²) in [5.74, 6) is 0.612. The summed E-state index contributed by atoms with van der Waals surface area (Å²) in [5.41, 5.74) is 0.852. The first-order chi connectivity index (χ1) is 14.0. The summed E-state index contributed by atoms with van der Waals surface area (Å²) in [4.78, 5) is 27.1. The lowest BCUT2D eigenvalue weighted by molar-refractivity contribution is -0.122. The molecule has 0 saturated heterocycles. The summed E-state index contributed by atoms with van der Waals surface area (Å²) < 4.78 is 15.0. The van der Waals surface area contributed by atoms with Crippen LogP contribution in [-0.2, 0) is 11.3 Å². The highest BCUT2D eigenvalue weighted by molar-refractivity contribution is 7.11. The van der Waals surface area contributed by atoms with Gasteiger partial charge in [0.25, 0.3) is 5.91 Å². The van der Waals surface area contributed by atoms with Crippen molar-refractivity contribution < 1.29 is 19.1 Å². The molecular weight excluding hydrogens is 437 g/mol. The third kappa shape index (κ3) is 4.60. The third-order valence-corrected chi connectivity index (χ3v) is 6.56. The molecule has 1 N–H and O–H groups in total. The number of hydrogen-bond acceptors (Lipinski definition) is 6. The Hall–Kier alpha value is -2.03. The van der Waals surface area contributed by atoms with E-state index in [4.69, 9.17) is 32.7 Å². The number of carbonyl (C=O) groups excluding carboxylic acids is 2. The molecule has 29 heavy (non-hydrogen) atoms. The molecule has 2 heterocycles. The van der Waals surface area contributed by atoms with E-state index < -0.39 is 5.91 Å². The Morgan fingerprint density at radius 2 is 1.97 bits per heavy atom. The maximum atomic E-state index is 13.1. The number of hydrogen-bond donors (Lipinski definition) is 1. The second-order valence-electron chi connectivity index (χ2n) is 7.02. The van der Waals surface area contributed by atoms with E-state index in [1.165, 1.54) is 4.90 Å². The smallest absolute Gasteiger partial charge is 0.275 e. The summed E-state index contributed by atoms with van der Waals surface area (Å²) in [6, 6.07) is 5.58. The number of benzene rings is 1. The van der Waals surface area contributed by atoms with Gasteiger partial charge in [0.05, 0.1) is 0 Å². The van der Waals surface area contributed by atoms with Crippen LogP contribution in [0.25, 0.3) is 0 Å². The average Bonchev–Trinajstić information content (AvgIpc) is 3.43. The normalized spacial score (nSPS) is 15.5. The summed E-state index contributed by atoms with van der Waals surface area (Å²) in [6.45, 7) is 0.256. The fraction of sp³-hybridized carbons (Fsp3) is 0.421. The Bertz CT molecular complexity index is 930. The number of nitrogens with zero attached hydrogens (tertiary/aromatic N) is 2. The molecule has 10 heteroatoms. The summed E-state index contributed by atoms with van der Waals surface area (Å²) >= 11 is 13.0. The topological polar surface area (TPSA) is 80.8 Å². The standard InChI is InChI=1S/C19H19Cl2N3O4S/c20-16-17(23-29-18(16)21)19(26)24(9-15(25)22-12-3-1-2-4-12)8-11-5-6-13-14(7-11)28-10-27-13/h5-7,12H,1-4,8-10H2,(H,22,25). The highest BCUT2D eigenvalue weighted by Crippen LogP contribution is 2.34. The van der Waals surface area contributed by atoms with Gasteiger partial charge in [-0.2, -0.15) is 4.37 Å². The van der Waals surface area contributed by atoms with Gasteiger partial charge < -0.3 is 19.7 Å². The number of carbonyl (C=O) groups is 2. The maximum absolute atomic E-state index is 13.1. The lowest BCUT2D eigenvalue weighted by Gasteiger charge is -2.23. The molecule has 2 aliphatic rings. The van der Waals surface area contributed by atoms with E-state index in [0.717, 1.165) is 42.8 Å². The SMILES string of the molecule is O=C(CN(Cc1ccc2c(c1)OCO2)C(=O)c1nsc(Cl)c1Cl)NC1CCCC1. The Balaban J connectivity index is 1.53. The molecule has 4 rings (SSSR count). The van der Waals surface area contributed by atoms with E-state index in [1.54, 1.807) is 12.1 Å². The van der Waals surface area contributed by atoms with Crippen molar-refractivity contribution in [1.29, 1.82) is 0 Å². The minimum absolute atomic E-state index is 0.0519. The van der Waals surface area contributed by atoms with Crippen molar-refractivity contribution in [3.8, 4) is 11.5 Å². The van der Waals surface area contributed by atoms with E-state index in [1.807, 2.05) is 6.07 Å². The molecule has 7 nitrogen and oxygen atoms in total. The third-order valence-electron chi connectivity index (χ3n) is 4.95. The Morgan fingerprint density at radius 3 is 2.69 bits per heavy atom. The van der Waals surface area contributed by atoms with Crippen LogP contribution < -0.4 is 14.8 Å². The van der Waals surface area contributed by atoms with Gasteiger partial charge in [-0.1, -0.05) is 42.1 Å². The van der Waals surface area contributed by atoms with Crippen molar-refractivity contribution in [1.82, 2.24) is 14.6 Å². The van der Waals surface area contributed by atoms with E-state index >= 15 is 0 Å². The molecule has 0 spiro atoms. The lowest BCUT2D eigenvalue weighted by Crippen LogP contribution is -2.43. The summed E-state index contributed by atoms with van der Waals surface area (Å²) in [6.07, 6.45) is 4.15. The van der Waals surface area contributed by atoms with E-state index in [9.17, 15) is 9.59 Å². The first kappa shape index (κ1) is 20.3. The lowest BCUT2D eigenvalue weighted by atomic mass is 10.1. The molecule has 1 aromatic carbocycles. The first-order valence-electron chi connectivity index (χ1n) is 9.29. The van der Waals surface area contributed by atoms with Crippen LogP contribution in [-0.4, -0.2) is 40.5 Å². The van der Waals surface area contributed by atoms with Crippen LogP contribution in [0, 0.1) is 0 Å². The molecule has 1 saturated carbocycles. The number of amides is 2. The molecule has 154 valence electrons. The summed E-state index contributed by atoms with van der Waals surface area (Å²) in [5, 5.41) is 3.11. The Labute approximate surface area is 182 Å². The first-order valence-corrected chi connectivity index (χ1v) is 10.8. The number of nitrogens with one attached hydrogen (secondary N) is 1. The summed E-state index contributed by atoms with van der Waals surface area (Å²) in [7, 11) is 0. The van der Waals surface area contributed by atoms with Gasteiger partial charge in [-0.3, -0.25) is 9.59 Å². The zero-order chi connectivity index (χ0) is 20.4.